The predicted molar refractivity (Wildman–Crippen MR) is 50.1 cm³/mol. The molecule has 0 amide bonds. The Kier molecular flexibility index (Phi) is 2.35. The average Bonchev–Trinajstić information content (AvgIpc) is 1.88. The number of hydrogen-bond donors (Lipinski definition) is 0. The van der Waals surface area contributed by atoms with Crippen molar-refractivity contribution in [3.63, 3.8) is 0 Å². The molecule has 1 heteroatoms. The highest BCUT2D eigenvalue weighted by Gasteiger charge is 2.24. The van der Waals surface area contributed by atoms with Crippen molar-refractivity contribution in [3.8, 4) is 0 Å². The lowest BCUT2D eigenvalue weighted by Crippen LogP contribution is -2.27. The molecule has 0 spiro atoms. The maximum atomic E-state index is 2.47. The maximum absolute atomic E-state index is 2.47. The summed E-state index contributed by atoms with van der Waals surface area (Å²) in [7, 11) is -0.843. The molecule has 0 saturated heterocycles. The van der Waals surface area contributed by atoms with E-state index in [4.69, 9.17) is 0 Å². The normalized spacial score (nSPS) is 26.9. The molecule has 1 rings (SSSR count). The van der Waals surface area contributed by atoms with E-state index in [2.05, 4.69) is 31.8 Å². The summed E-state index contributed by atoms with van der Waals surface area (Å²) in [5.41, 5.74) is 0.959. The highest BCUT2D eigenvalue weighted by molar-refractivity contribution is 6.78. The smallest absolute Gasteiger partial charge is 0.0513 e. The first-order valence-electron chi connectivity index (χ1n) is 4.27. The molecule has 0 aromatic carbocycles. The van der Waals surface area contributed by atoms with Crippen LogP contribution in [0.1, 0.15) is 19.3 Å². The molecule has 0 saturated carbocycles. The quantitative estimate of drug-likeness (QED) is 0.401. The van der Waals surface area contributed by atoms with Gasteiger partial charge < -0.3 is 0 Å². The third-order valence-corrected chi connectivity index (χ3v) is 5.07. The summed E-state index contributed by atoms with van der Waals surface area (Å²) >= 11 is 0. The Bertz CT molecular complexity index is 130. The first kappa shape index (κ1) is 8.06. The van der Waals surface area contributed by atoms with Crippen LogP contribution in [0.15, 0.2) is 12.2 Å². The van der Waals surface area contributed by atoms with E-state index in [-0.39, 0.29) is 0 Å². The summed E-state index contributed by atoms with van der Waals surface area (Å²) in [6.07, 6.45) is 9.01. The van der Waals surface area contributed by atoms with E-state index < -0.39 is 8.07 Å². The van der Waals surface area contributed by atoms with E-state index >= 15 is 0 Å². The van der Waals surface area contributed by atoms with Gasteiger partial charge in [0.25, 0.3) is 0 Å². The molecule has 1 aliphatic rings. The minimum atomic E-state index is -0.843. The third kappa shape index (κ3) is 1.98. The molecule has 0 aromatic rings. The van der Waals surface area contributed by atoms with Crippen LogP contribution >= 0.6 is 0 Å². The fraction of sp³-hybridized carbons (Fsp3) is 0.778. The Labute approximate surface area is 65.3 Å². The molecule has 0 aromatic heterocycles. The molecule has 0 bridgehead atoms. The van der Waals surface area contributed by atoms with Crippen LogP contribution in [0.3, 0.4) is 0 Å². The SMILES string of the molecule is C[Si](C)(C)[C@@H]1C=CCCC1. The van der Waals surface area contributed by atoms with Gasteiger partial charge in [0.2, 0.25) is 0 Å². The van der Waals surface area contributed by atoms with Crippen LogP contribution in [0.5, 0.6) is 0 Å². The van der Waals surface area contributed by atoms with E-state index in [0.717, 1.165) is 5.54 Å². The van der Waals surface area contributed by atoms with Gasteiger partial charge in [0.1, 0.15) is 0 Å². The first-order valence-corrected chi connectivity index (χ1v) is 7.85. The topological polar surface area (TPSA) is 0 Å². The van der Waals surface area contributed by atoms with Crippen molar-refractivity contribution in [2.45, 2.75) is 44.4 Å². The molecule has 0 unspecified atom stereocenters. The summed E-state index contributed by atoms with van der Waals surface area (Å²) in [6.45, 7) is 7.40. The van der Waals surface area contributed by atoms with Crippen LogP contribution in [0.2, 0.25) is 25.2 Å². The second-order valence-electron chi connectivity index (χ2n) is 4.33. The molecule has 58 valence electrons. The largest absolute Gasteiger partial charge is 0.0885 e. The Balaban J connectivity index is 2.55. The number of hydrogen-bond acceptors (Lipinski definition) is 0. The Hall–Kier alpha value is -0.0431. The molecular weight excluding hydrogens is 136 g/mol. The summed E-state index contributed by atoms with van der Waals surface area (Å²) in [5, 5.41) is 0. The van der Waals surface area contributed by atoms with E-state index in [1.165, 1.54) is 19.3 Å². The van der Waals surface area contributed by atoms with E-state index in [9.17, 15) is 0 Å². The number of rotatable bonds is 1. The summed E-state index contributed by atoms with van der Waals surface area (Å²) in [4.78, 5) is 0. The average molecular weight is 154 g/mol. The van der Waals surface area contributed by atoms with Gasteiger partial charge in [-0.25, -0.2) is 0 Å². The first-order chi connectivity index (χ1) is 4.61. The van der Waals surface area contributed by atoms with Crippen molar-refractivity contribution >= 4 is 8.07 Å². The van der Waals surface area contributed by atoms with Crippen LogP contribution in [-0.4, -0.2) is 8.07 Å². The van der Waals surface area contributed by atoms with Crippen molar-refractivity contribution in [2.75, 3.05) is 0 Å². The van der Waals surface area contributed by atoms with Gasteiger partial charge in [-0.3, -0.25) is 0 Å². The van der Waals surface area contributed by atoms with Crippen LogP contribution in [0.4, 0.5) is 0 Å². The maximum Gasteiger partial charge on any atom is 0.0513 e. The zero-order valence-corrected chi connectivity index (χ0v) is 8.35. The molecule has 0 aliphatic heterocycles. The lowest BCUT2D eigenvalue weighted by molar-refractivity contribution is 0.713. The lowest BCUT2D eigenvalue weighted by Gasteiger charge is -2.28. The second-order valence-corrected chi connectivity index (χ2v) is 9.81. The Morgan fingerprint density at radius 1 is 1.30 bits per heavy atom. The molecule has 1 aliphatic carbocycles. The van der Waals surface area contributed by atoms with Crippen LogP contribution < -0.4 is 0 Å². The minimum Gasteiger partial charge on any atom is -0.0885 e. The van der Waals surface area contributed by atoms with Gasteiger partial charge in [0, 0.05) is 0 Å². The summed E-state index contributed by atoms with van der Waals surface area (Å²) in [5.74, 6) is 0. The lowest BCUT2D eigenvalue weighted by atomic mass is 10.1. The van der Waals surface area contributed by atoms with Gasteiger partial charge in [-0.05, 0) is 24.8 Å². The van der Waals surface area contributed by atoms with Gasteiger partial charge >= 0.3 is 0 Å². The molecule has 0 fully saturated rings. The molecule has 0 heterocycles. The van der Waals surface area contributed by atoms with E-state index in [0.29, 0.717) is 0 Å². The Morgan fingerprint density at radius 3 is 2.30 bits per heavy atom. The van der Waals surface area contributed by atoms with Gasteiger partial charge in [-0.2, -0.15) is 0 Å². The fourth-order valence-corrected chi connectivity index (χ4v) is 3.32. The monoisotopic (exact) mass is 154 g/mol. The minimum absolute atomic E-state index is 0.843. The van der Waals surface area contributed by atoms with Crippen LogP contribution in [0.25, 0.3) is 0 Å². The third-order valence-electron chi connectivity index (χ3n) is 2.37. The van der Waals surface area contributed by atoms with Crippen molar-refractivity contribution in [1.29, 1.82) is 0 Å². The zero-order valence-electron chi connectivity index (χ0n) is 7.35. The second kappa shape index (κ2) is 2.91. The highest BCUT2D eigenvalue weighted by Crippen LogP contribution is 2.31. The predicted octanol–water partition coefficient (Wildman–Crippen LogP) is 3.43. The van der Waals surface area contributed by atoms with Gasteiger partial charge in [0.15, 0.2) is 0 Å². The molecule has 0 N–H and O–H groups in total. The number of allylic oxidation sites excluding steroid dienone is 2. The highest BCUT2D eigenvalue weighted by atomic mass is 28.3. The van der Waals surface area contributed by atoms with Crippen LogP contribution in [-0.2, 0) is 0 Å². The fourth-order valence-electron chi connectivity index (χ4n) is 1.53. The molecule has 1 atom stereocenters. The van der Waals surface area contributed by atoms with E-state index in [1.54, 1.807) is 0 Å². The van der Waals surface area contributed by atoms with Crippen molar-refractivity contribution in [3.05, 3.63) is 12.2 Å². The molecular formula is C9H18Si. The van der Waals surface area contributed by atoms with E-state index in [1.807, 2.05) is 0 Å². The Morgan fingerprint density at radius 2 is 2.00 bits per heavy atom. The molecule has 10 heavy (non-hydrogen) atoms. The summed E-state index contributed by atoms with van der Waals surface area (Å²) < 4.78 is 0. The molecule has 0 radical (unpaired) electrons. The summed E-state index contributed by atoms with van der Waals surface area (Å²) in [6, 6.07) is 0. The molecule has 0 nitrogen and oxygen atoms in total. The van der Waals surface area contributed by atoms with Crippen molar-refractivity contribution in [2.24, 2.45) is 0 Å². The van der Waals surface area contributed by atoms with Gasteiger partial charge in [-0.1, -0.05) is 31.8 Å². The standard InChI is InChI=1S/C9H18Si/c1-10(2,3)9-7-5-4-6-8-9/h5,7,9H,4,6,8H2,1-3H3/t9-/m1/s1. The van der Waals surface area contributed by atoms with Gasteiger partial charge in [-0.15, -0.1) is 0 Å². The van der Waals surface area contributed by atoms with Crippen LogP contribution in [0, 0.1) is 0 Å². The van der Waals surface area contributed by atoms with Gasteiger partial charge in [0.05, 0.1) is 8.07 Å². The zero-order chi connectivity index (χ0) is 7.61. The van der Waals surface area contributed by atoms with Crippen molar-refractivity contribution in [1.82, 2.24) is 0 Å². The van der Waals surface area contributed by atoms with Crippen molar-refractivity contribution < 1.29 is 0 Å².